The molecule has 0 fully saturated rings. The second kappa shape index (κ2) is 12.2. The highest BCUT2D eigenvalue weighted by Crippen LogP contribution is 2.58. The average molecular weight is 680 g/mol. The number of para-hydroxylation sites is 1. The molecule has 53 heavy (non-hydrogen) atoms. The lowest BCUT2D eigenvalue weighted by atomic mass is 9.68. The number of benzene rings is 8. The molecule has 0 bridgehead atoms. The molecule has 0 aromatic heterocycles. The van der Waals surface area contributed by atoms with Crippen LogP contribution >= 0.6 is 0 Å². The van der Waals surface area contributed by atoms with Gasteiger partial charge in [-0.1, -0.05) is 153 Å². The molecule has 8 aromatic rings. The highest BCUT2D eigenvalue weighted by Gasteiger charge is 2.46. The van der Waals surface area contributed by atoms with Gasteiger partial charge in [-0.2, -0.15) is 0 Å². The van der Waals surface area contributed by atoms with Crippen LogP contribution in [0.3, 0.4) is 0 Å². The maximum Gasteiger partial charge on any atom is 0.0713 e. The van der Waals surface area contributed by atoms with Gasteiger partial charge in [0.1, 0.15) is 0 Å². The highest BCUT2D eigenvalue weighted by atomic mass is 15.1. The molecule has 0 heterocycles. The lowest BCUT2D eigenvalue weighted by Gasteiger charge is -2.34. The summed E-state index contributed by atoms with van der Waals surface area (Å²) in [5.41, 5.74) is 16.4. The lowest BCUT2D eigenvalue weighted by Crippen LogP contribution is -2.28. The first-order valence-corrected chi connectivity index (χ1v) is 19.1. The number of anilines is 3. The van der Waals surface area contributed by atoms with Gasteiger partial charge in [-0.3, -0.25) is 0 Å². The van der Waals surface area contributed by atoms with Gasteiger partial charge in [-0.05, 0) is 128 Å². The molecule has 8 aromatic carbocycles. The number of rotatable bonds is 7. The number of hydrogen-bond donors (Lipinski definition) is 0. The molecule has 0 atom stereocenters. The van der Waals surface area contributed by atoms with Gasteiger partial charge < -0.3 is 4.90 Å². The third-order valence-electron chi connectivity index (χ3n) is 12.4. The molecule has 0 amide bonds. The van der Waals surface area contributed by atoms with E-state index in [9.17, 15) is 0 Å². The van der Waals surface area contributed by atoms with Crippen LogP contribution in [0.1, 0.15) is 60.1 Å². The normalized spacial score (nSPS) is 14.3. The summed E-state index contributed by atoms with van der Waals surface area (Å²) in [6, 6.07) is 70.1. The Morgan fingerprint density at radius 3 is 1.45 bits per heavy atom. The van der Waals surface area contributed by atoms with Gasteiger partial charge in [-0.15, -0.1) is 0 Å². The smallest absolute Gasteiger partial charge is 0.0713 e. The molecule has 0 unspecified atom stereocenters. The second-order valence-electron chi connectivity index (χ2n) is 14.7. The molecular weight excluding hydrogens is 639 g/mol. The SMILES string of the molecule is CCC1(CC)c2ccc(N(c3ccccc3)c3ccc4c(c3)-c3ccccc3C4(c3ccccc3)c3ccccc3)cc2-c2cc3ccccc3cc21. The van der Waals surface area contributed by atoms with Gasteiger partial charge in [0.25, 0.3) is 0 Å². The minimum Gasteiger partial charge on any atom is -0.310 e. The molecule has 1 nitrogen and oxygen atoms in total. The Balaban J connectivity index is 1.20. The van der Waals surface area contributed by atoms with Crippen molar-refractivity contribution in [1.82, 2.24) is 0 Å². The molecule has 0 saturated carbocycles. The van der Waals surface area contributed by atoms with E-state index in [4.69, 9.17) is 0 Å². The Morgan fingerprint density at radius 2 is 0.830 bits per heavy atom. The summed E-state index contributed by atoms with van der Waals surface area (Å²) < 4.78 is 0. The molecule has 2 aliphatic carbocycles. The monoisotopic (exact) mass is 679 g/mol. The van der Waals surface area contributed by atoms with Crippen LogP contribution in [0.2, 0.25) is 0 Å². The zero-order valence-electron chi connectivity index (χ0n) is 30.3. The second-order valence-corrected chi connectivity index (χ2v) is 14.7. The third kappa shape index (κ3) is 4.50. The molecule has 0 aliphatic heterocycles. The van der Waals surface area contributed by atoms with E-state index in [0.29, 0.717) is 0 Å². The Kier molecular flexibility index (Phi) is 7.27. The van der Waals surface area contributed by atoms with Crippen LogP contribution in [0.15, 0.2) is 188 Å². The van der Waals surface area contributed by atoms with Gasteiger partial charge in [0.2, 0.25) is 0 Å². The predicted molar refractivity (Wildman–Crippen MR) is 223 cm³/mol. The van der Waals surface area contributed by atoms with E-state index in [1.54, 1.807) is 0 Å². The van der Waals surface area contributed by atoms with Gasteiger partial charge in [0, 0.05) is 22.5 Å². The van der Waals surface area contributed by atoms with Crippen molar-refractivity contribution in [3.05, 3.63) is 221 Å². The average Bonchev–Trinajstić information content (AvgIpc) is 3.68. The summed E-state index contributed by atoms with van der Waals surface area (Å²) in [5.74, 6) is 0. The van der Waals surface area contributed by atoms with E-state index >= 15 is 0 Å². The zero-order valence-corrected chi connectivity index (χ0v) is 30.3. The molecule has 1 heteroatoms. The quantitative estimate of drug-likeness (QED) is 0.162. The van der Waals surface area contributed by atoms with E-state index < -0.39 is 5.41 Å². The summed E-state index contributed by atoms with van der Waals surface area (Å²) >= 11 is 0. The van der Waals surface area contributed by atoms with Gasteiger partial charge >= 0.3 is 0 Å². The molecule has 2 aliphatic rings. The van der Waals surface area contributed by atoms with Crippen molar-refractivity contribution in [2.24, 2.45) is 0 Å². The van der Waals surface area contributed by atoms with Crippen LogP contribution in [0.25, 0.3) is 33.0 Å². The van der Waals surface area contributed by atoms with Crippen molar-refractivity contribution < 1.29 is 0 Å². The molecule has 0 saturated heterocycles. The van der Waals surface area contributed by atoms with Crippen molar-refractivity contribution >= 4 is 27.8 Å². The molecule has 10 rings (SSSR count). The standard InChI is InChI=1S/C52H41N/c1-3-51(4-2)47-30-28-41(35-46(47)44-32-36-18-14-15-19-37(36)33-50(44)51)53(40-24-12-7-13-25-40)42-29-31-49-45(34-42)43-26-16-17-27-48(43)52(49,38-20-8-5-9-21-38)39-22-10-6-11-23-39/h5-35H,3-4H2,1-2H3. The lowest BCUT2D eigenvalue weighted by molar-refractivity contribution is 0.491. The zero-order chi connectivity index (χ0) is 35.6. The van der Waals surface area contributed by atoms with Crippen LogP contribution in [-0.4, -0.2) is 0 Å². The van der Waals surface area contributed by atoms with Gasteiger partial charge in [-0.25, -0.2) is 0 Å². The minimum absolute atomic E-state index is 0.000290. The van der Waals surface area contributed by atoms with Crippen molar-refractivity contribution in [1.29, 1.82) is 0 Å². The highest BCUT2D eigenvalue weighted by molar-refractivity contribution is 5.96. The first kappa shape index (κ1) is 31.5. The summed E-state index contributed by atoms with van der Waals surface area (Å²) in [6.07, 6.45) is 2.14. The molecular formula is C52H41N. The fraction of sp³-hybridized carbons (Fsp3) is 0.115. The minimum atomic E-state index is -0.422. The predicted octanol–water partition coefficient (Wildman–Crippen LogP) is 13.8. The summed E-state index contributed by atoms with van der Waals surface area (Å²) in [6.45, 7) is 4.71. The van der Waals surface area contributed by atoms with Crippen LogP contribution in [-0.2, 0) is 10.8 Å². The Hall–Kier alpha value is -6.18. The first-order chi connectivity index (χ1) is 26.2. The Labute approximate surface area is 312 Å². The largest absolute Gasteiger partial charge is 0.310 e. The van der Waals surface area contributed by atoms with Gasteiger partial charge in [0.15, 0.2) is 0 Å². The van der Waals surface area contributed by atoms with E-state index in [0.717, 1.165) is 24.2 Å². The molecule has 254 valence electrons. The molecule has 0 spiro atoms. The Morgan fingerprint density at radius 1 is 0.358 bits per heavy atom. The van der Waals surface area contributed by atoms with Crippen molar-refractivity contribution in [2.45, 2.75) is 37.5 Å². The number of nitrogens with zero attached hydrogens (tertiary/aromatic N) is 1. The summed E-state index contributed by atoms with van der Waals surface area (Å²) in [5, 5.41) is 2.61. The van der Waals surface area contributed by atoms with Crippen LogP contribution in [0, 0.1) is 0 Å². The molecule has 0 radical (unpaired) electrons. The summed E-state index contributed by atoms with van der Waals surface area (Å²) in [7, 11) is 0. The number of hydrogen-bond acceptors (Lipinski definition) is 1. The fourth-order valence-electron chi connectivity index (χ4n) is 9.93. The fourth-order valence-corrected chi connectivity index (χ4v) is 9.93. The number of fused-ring (bicyclic) bond motifs is 7. The van der Waals surface area contributed by atoms with E-state index in [-0.39, 0.29) is 5.41 Å². The van der Waals surface area contributed by atoms with Crippen LogP contribution < -0.4 is 4.90 Å². The van der Waals surface area contributed by atoms with Crippen molar-refractivity contribution in [3.8, 4) is 22.3 Å². The van der Waals surface area contributed by atoms with E-state index in [2.05, 4.69) is 207 Å². The van der Waals surface area contributed by atoms with E-state index in [1.807, 2.05) is 0 Å². The van der Waals surface area contributed by atoms with Crippen molar-refractivity contribution in [2.75, 3.05) is 4.90 Å². The van der Waals surface area contributed by atoms with Crippen LogP contribution in [0.4, 0.5) is 17.1 Å². The van der Waals surface area contributed by atoms with Gasteiger partial charge in [0.05, 0.1) is 5.41 Å². The maximum absolute atomic E-state index is 2.47. The first-order valence-electron chi connectivity index (χ1n) is 19.1. The van der Waals surface area contributed by atoms with E-state index in [1.165, 1.54) is 72.1 Å². The maximum atomic E-state index is 2.47. The Bertz CT molecular complexity index is 2590. The van der Waals surface area contributed by atoms with Crippen LogP contribution in [0.5, 0.6) is 0 Å². The molecule has 0 N–H and O–H groups in total. The topological polar surface area (TPSA) is 3.24 Å². The van der Waals surface area contributed by atoms with Crippen molar-refractivity contribution in [3.63, 3.8) is 0 Å². The summed E-state index contributed by atoms with van der Waals surface area (Å²) in [4.78, 5) is 2.45. The third-order valence-corrected chi connectivity index (χ3v) is 12.4.